The number of rotatable bonds is 10. The van der Waals surface area contributed by atoms with E-state index in [0.717, 1.165) is 17.7 Å². The maximum Gasteiger partial charge on any atom is 0.232 e. The first-order valence-electron chi connectivity index (χ1n) is 10.2. The van der Waals surface area contributed by atoms with Gasteiger partial charge in [-0.2, -0.15) is 0 Å². The molecule has 3 aromatic rings. The summed E-state index contributed by atoms with van der Waals surface area (Å²) in [6.07, 6.45) is 0.955. The number of anilines is 1. The lowest BCUT2D eigenvalue weighted by molar-refractivity contribution is -0.115. The summed E-state index contributed by atoms with van der Waals surface area (Å²) in [7, 11) is 1.59. The molecular formula is C23H26N4O3S. The fourth-order valence-corrected chi connectivity index (χ4v) is 4.07. The lowest BCUT2D eigenvalue weighted by atomic mass is 10.1. The normalized spacial score (nSPS) is 10.7. The Morgan fingerprint density at radius 3 is 2.48 bits per heavy atom. The largest absolute Gasteiger partial charge is 0.497 e. The van der Waals surface area contributed by atoms with Gasteiger partial charge in [0.25, 0.3) is 0 Å². The summed E-state index contributed by atoms with van der Waals surface area (Å²) in [6.45, 7) is 4.63. The van der Waals surface area contributed by atoms with Crippen LogP contribution >= 0.6 is 11.8 Å². The van der Waals surface area contributed by atoms with Crippen molar-refractivity contribution >= 4 is 29.1 Å². The summed E-state index contributed by atoms with van der Waals surface area (Å²) in [4.78, 5) is 25.0. The van der Waals surface area contributed by atoms with Crippen molar-refractivity contribution in [3.05, 3.63) is 65.5 Å². The van der Waals surface area contributed by atoms with Crippen LogP contribution < -0.4 is 10.1 Å². The predicted molar refractivity (Wildman–Crippen MR) is 122 cm³/mol. The Labute approximate surface area is 186 Å². The number of benzene rings is 2. The van der Waals surface area contributed by atoms with E-state index in [4.69, 9.17) is 4.74 Å². The lowest BCUT2D eigenvalue weighted by Crippen LogP contribution is -2.18. The van der Waals surface area contributed by atoms with Crippen LogP contribution in [0.1, 0.15) is 35.6 Å². The van der Waals surface area contributed by atoms with Gasteiger partial charge in [0.05, 0.1) is 19.3 Å². The Morgan fingerprint density at radius 1 is 1.06 bits per heavy atom. The zero-order valence-corrected chi connectivity index (χ0v) is 18.7. The van der Waals surface area contributed by atoms with Gasteiger partial charge in [0.1, 0.15) is 11.6 Å². The Kier molecular flexibility index (Phi) is 7.83. The first-order chi connectivity index (χ1) is 15.0. The number of carbonyl (C=O) groups excluding carboxylic acids is 2. The van der Waals surface area contributed by atoms with Crippen molar-refractivity contribution in [1.29, 1.82) is 0 Å². The van der Waals surface area contributed by atoms with Crippen molar-refractivity contribution in [1.82, 2.24) is 14.8 Å². The summed E-state index contributed by atoms with van der Waals surface area (Å²) in [5.41, 5.74) is 2.52. The van der Waals surface area contributed by atoms with Crippen LogP contribution in [0.5, 0.6) is 5.75 Å². The van der Waals surface area contributed by atoms with Gasteiger partial charge < -0.3 is 14.6 Å². The van der Waals surface area contributed by atoms with Gasteiger partial charge in [0.15, 0.2) is 10.9 Å². The standard InChI is InChI=1S/C23H26N4O3S/c1-4-16-8-6-7-9-19(16)24-22(29)14-21-25-26-23(27(21)5-2)31-15-20(28)17-10-12-18(30-3)13-11-17/h6-13H,4-5,14-15H2,1-3H3,(H,24,29). The molecule has 31 heavy (non-hydrogen) atoms. The average molecular weight is 439 g/mol. The molecule has 2 aromatic carbocycles. The van der Waals surface area contributed by atoms with E-state index in [1.54, 1.807) is 31.4 Å². The van der Waals surface area contributed by atoms with Crippen LogP contribution in [0.2, 0.25) is 0 Å². The lowest BCUT2D eigenvalue weighted by Gasteiger charge is -2.10. The van der Waals surface area contributed by atoms with Crippen molar-refractivity contribution < 1.29 is 14.3 Å². The number of nitrogens with zero attached hydrogens (tertiary/aromatic N) is 3. The number of methoxy groups -OCH3 is 1. The molecule has 3 rings (SSSR count). The van der Waals surface area contributed by atoms with Crippen LogP contribution in [-0.2, 0) is 24.2 Å². The van der Waals surface area contributed by atoms with E-state index >= 15 is 0 Å². The summed E-state index contributed by atoms with van der Waals surface area (Å²) in [5.74, 6) is 1.37. The number of hydrogen-bond donors (Lipinski definition) is 1. The van der Waals surface area contributed by atoms with E-state index in [1.165, 1.54) is 11.8 Å². The molecule has 0 radical (unpaired) electrons. The molecule has 8 heteroatoms. The number of hydrogen-bond acceptors (Lipinski definition) is 6. The smallest absolute Gasteiger partial charge is 0.232 e. The molecule has 1 amide bonds. The molecule has 1 heterocycles. The number of Topliss-reactive ketones (excluding diaryl/α,β-unsaturated/α-hetero) is 1. The van der Waals surface area contributed by atoms with Gasteiger partial charge in [-0.25, -0.2) is 0 Å². The molecule has 0 aliphatic heterocycles. The van der Waals surface area contributed by atoms with Crippen molar-refractivity contribution in [2.24, 2.45) is 0 Å². The zero-order chi connectivity index (χ0) is 22.2. The van der Waals surface area contributed by atoms with E-state index in [-0.39, 0.29) is 23.9 Å². The van der Waals surface area contributed by atoms with Gasteiger partial charge in [-0.3, -0.25) is 9.59 Å². The van der Waals surface area contributed by atoms with Crippen molar-refractivity contribution in [2.75, 3.05) is 18.2 Å². The van der Waals surface area contributed by atoms with Crippen molar-refractivity contribution in [3.8, 4) is 5.75 Å². The van der Waals surface area contributed by atoms with Crippen LogP contribution in [0.4, 0.5) is 5.69 Å². The third-order valence-corrected chi connectivity index (χ3v) is 5.81. The van der Waals surface area contributed by atoms with E-state index in [1.807, 2.05) is 35.8 Å². The minimum absolute atomic E-state index is 0.00577. The maximum absolute atomic E-state index is 12.6. The highest BCUT2D eigenvalue weighted by Gasteiger charge is 2.17. The minimum Gasteiger partial charge on any atom is -0.497 e. The molecule has 0 fully saturated rings. The third-order valence-electron chi connectivity index (χ3n) is 4.85. The van der Waals surface area contributed by atoms with Gasteiger partial charge in [-0.15, -0.1) is 10.2 Å². The molecule has 0 aliphatic rings. The monoisotopic (exact) mass is 438 g/mol. The van der Waals surface area contributed by atoms with Gasteiger partial charge in [0, 0.05) is 17.8 Å². The van der Waals surface area contributed by atoms with Gasteiger partial charge >= 0.3 is 0 Å². The molecule has 1 aromatic heterocycles. The number of aryl methyl sites for hydroxylation is 1. The van der Waals surface area contributed by atoms with E-state index in [0.29, 0.717) is 28.8 Å². The van der Waals surface area contributed by atoms with Crippen LogP contribution in [0.15, 0.2) is 53.7 Å². The molecule has 0 spiro atoms. The van der Waals surface area contributed by atoms with Crippen molar-refractivity contribution in [2.45, 2.75) is 38.4 Å². The molecule has 0 atom stereocenters. The Morgan fingerprint density at radius 2 is 1.81 bits per heavy atom. The predicted octanol–water partition coefficient (Wildman–Crippen LogP) is 4.03. The summed E-state index contributed by atoms with van der Waals surface area (Å²) in [6, 6.07) is 14.8. The number of nitrogens with one attached hydrogen (secondary N) is 1. The molecule has 7 nitrogen and oxygen atoms in total. The molecule has 162 valence electrons. The highest BCUT2D eigenvalue weighted by Crippen LogP contribution is 2.21. The van der Waals surface area contributed by atoms with Crippen LogP contribution in [0.25, 0.3) is 0 Å². The third kappa shape index (κ3) is 5.73. The molecular weight excluding hydrogens is 412 g/mol. The number of carbonyl (C=O) groups is 2. The van der Waals surface area contributed by atoms with Crippen LogP contribution in [0.3, 0.4) is 0 Å². The molecule has 0 saturated heterocycles. The number of aromatic nitrogens is 3. The van der Waals surface area contributed by atoms with Crippen LogP contribution in [-0.4, -0.2) is 39.3 Å². The number of para-hydroxylation sites is 1. The SMILES string of the molecule is CCc1ccccc1NC(=O)Cc1nnc(SCC(=O)c2ccc(OC)cc2)n1CC. The fourth-order valence-electron chi connectivity index (χ4n) is 3.15. The molecule has 0 saturated carbocycles. The van der Waals surface area contributed by atoms with Crippen molar-refractivity contribution in [3.63, 3.8) is 0 Å². The number of thioether (sulfide) groups is 1. The summed E-state index contributed by atoms with van der Waals surface area (Å²) < 4.78 is 6.99. The second kappa shape index (κ2) is 10.8. The fraction of sp³-hybridized carbons (Fsp3) is 0.304. The second-order valence-electron chi connectivity index (χ2n) is 6.82. The van der Waals surface area contributed by atoms with E-state index < -0.39 is 0 Å². The number of ketones is 1. The van der Waals surface area contributed by atoms with Gasteiger partial charge in [0.2, 0.25) is 5.91 Å². The minimum atomic E-state index is -0.145. The average Bonchev–Trinajstić information content (AvgIpc) is 3.18. The Bertz CT molecular complexity index is 1050. The van der Waals surface area contributed by atoms with E-state index in [2.05, 4.69) is 22.4 Å². The number of amides is 1. The van der Waals surface area contributed by atoms with E-state index in [9.17, 15) is 9.59 Å². The van der Waals surface area contributed by atoms with Crippen LogP contribution in [0, 0.1) is 0 Å². The summed E-state index contributed by atoms with van der Waals surface area (Å²) in [5, 5.41) is 12.0. The molecule has 0 unspecified atom stereocenters. The first kappa shape index (κ1) is 22.6. The maximum atomic E-state index is 12.6. The summed E-state index contributed by atoms with van der Waals surface area (Å²) >= 11 is 1.32. The highest BCUT2D eigenvalue weighted by atomic mass is 32.2. The topological polar surface area (TPSA) is 86.1 Å². The molecule has 1 N–H and O–H groups in total. The number of ether oxygens (including phenoxy) is 1. The molecule has 0 aliphatic carbocycles. The first-order valence-corrected chi connectivity index (χ1v) is 11.1. The quantitative estimate of drug-likeness (QED) is 0.380. The Hall–Kier alpha value is -3.13. The Balaban J connectivity index is 1.63. The highest BCUT2D eigenvalue weighted by molar-refractivity contribution is 7.99. The molecule has 0 bridgehead atoms. The van der Waals surface area contributed by atoms with Gasteiger partial charge in [-0.1, -0.05) is 36.9 Å². The zero-order valence-electron chi connectivity index (χ0n) is 17.9. The second-order valence-corrected chi connectivity index (χ2v) is 7.76. The van der Waals surface area contributed by atoms with Gasteiger partial charge in [-0.05, 0) is 49.2 Å².